The van der Waals surface area contributed by atoms with Crippen molar-refractivity contribution in [2.75, 3.05) is 6.61 Å². The molecule has 1 aliphatic carbocycles. The van der Waals surface area contributed by atoms with Gasteiger partial charge < -0.3 is 9.47 Å². The number of halogens is 7. The van der Waals surface area contributed by atoms with Crippen molar-refractivity contribution in [3.63, 3.8) is 0 Å². The number of carbonyl (C=O) groups is 3. The predicted octanol–water partition coefficient (Wildman–Crippen LogP) is 9.00. The fourth-order valence-electron chi connectivity index (χ4n) is 6.73. The Morgan fingerprint density at radius 3 is 2.37 bits per heavy atom. The van der Waals surface area contributed by atoms with E-state index in [1.54, 1.807) is 53.5 Å². The van der Waals surface area contributed by atoms with E-state index in [0.717, 1.165) is 37.9 Å². The highest BCUT2D eigenvalue weighted by atomic mass is 35.5. The Morgan fingerprint density at radius 2 is 1.72 bits per heavy atom. The topological polar surface area (TPSA) is 159 Å². The summed E-state index contributed by atoms with van der Waals surface area (Å²) >= 11 is 12.1. The number of benzene rings is 3. The molecule has 21 heteroatoms. The van der Waals surface area contributed by atoms with Crippen LogP contribution in [0.1, 0.15) is 68.4 Å². The third-order valence-corrected chi connectivity index (χ3v) is 10.5. The maximum absolute atomic E-state index is 15.3. The van der Waals surface area contributed by atoms with Crippen molar-refractivity contribution in [1.29, 1.82) is 0 Å². The zero-order valence-electron chi connectivity index (χ0n) is 31.6. The van der Waals surface area contributed by atoms with Gasteiger partial charge in [0.2, 0.25) is 5.96 Å². The number of nitrogens with one attached hydrogen (secondary N) is 1. The first-order chi connectivity index (χ1) is 28.5. The number of amides is 2. The van der Waals surface area contributed by atoms with Crippen LogP contribution in [0.2, 0.25) is 5.02 Å². The van der Waals surface area contributed by atoms with Crippen molar-refractivity contribution in [3.8, 4) is 22.6 Å². The molecule has 1 N–H and O–H groups in total. The molecule has 2 aliphatic rings. The van der Waals surface area contributed by atoms with Crippen LogP contribution in [-0.2, 0) is 26.4 Å². The number of carbonyl (C=O) groups excluding carboxylic acids is 3. The molecule has 1 fully saturated rings. The quantitative estimate of drug-likeness (QED) is 0.0900. The van der Waals surface area contributed by atoms with Crippen LogP contribution >= 0.6 is 23.2 Å². The lowest BCUT2D eigenvalue weighted by atomic mass is 9.74. The average Bonchev–Trinajstić information content (AvgIpc) is 3.60. The summed E-state index contributed by atoms with van der Waals surface area (Å²) in [4.78, 5) is 51.8. The lowest BCUT2D eigenvalue weighted by molar-refractivity contribution is -0.218. The summed E-state index contributed by atoms with van der Waals surface area (Å²) < 4.78 is 83.3. The molecule has 3 heterocycles. The second kappa shape index (κ2) is 16.6. The molecule has 1 aliphatic heterocycles. The molecule has 0 bridgehead atoms. The standard InChI is InChI=1S/C39H34Cl2F5N9O5/c1-37(2,39(44,45)46)20-38(25-11-8-23(9-12-25)29-17-48-55(52-29)26-13-14-26)32(56)53(35(51-38)50-36(58)60-18-22-6-4-3-5-7-22)30(19-59-33(41)57)24-10-15-28(40)27(16-24)31-47-21-49-54(31)34(42)43/h3-12,15-17,21,26,30,34H,13-14,18-20H2,1-2H3,(H,50,51,58)/t30-,38-/m1/s1. The number of rotatable bonds is 13. The number of aliphatic imine (C=N–C) groups is 1. The Balaban J connectivity index is 1.37. The number of hydrogen-bond donors (Lipinski definition) is 1. The van der Waals surface area contributed by atoms with E-state index in [2.05, 4.69) is 30.6 Å². The van der Waals surface area contributed by atoms with Gasteiger partial charge in [0.1, 0.15) is 25.2 Å². The molecule has 2 atom stereocenters. The van der Waals surface area contributed by atoms with Crippen LogP contribution in [0, 0.1) is 5.41 Å². The smallest absolute Gasteiger partial charge is 0.414 e. The number of alkyl halides is 5. The number of hydrogen-bond acceptors (Lipinski definition) is 10. The third kappa shape index (κ3) is 8.67. The van der Waals surface area contributed by atoms with Crippen molar-refractivity contribution < 1.29 is 45.8 Å². The number of nitrogens with zero attached hydrogens (tertiary/aromatic N) is 8. The molecular weight excluding hydrogens is 840 g/mol. The van der Waals surface area contributed by atoms with Gasteiger partial charge in [0.05, 0.1) is 28.7 Å². The Hall–Kier alpha value is -5.95. The van der Waals surface area contributed by atoms with E-state index >= 15 is 4.79 Å². The van der Waals surface area contributed by atoms with Gasteiger partial charge in [-0.25, -0.2) is 19.6 Å². The minimum atomic E-state index is -4.87. The summed E-state index contributed by atoms with van der Waals surface area (Å²) in [5.74, 6) is -2.06. The van der Waals surface area contributed by atoms with Crippen molar-refractivity contribution in [3.05, 3.63) is 107 Å². The normalized spacial score (nSPS) is 17.5. The molecular formula is C39H34Cl2F5N9O5. The Morgan fingerprint density at radius 1 is 1.00 bits per heavy atom. The molecule has 14 nitrogen and oxygen atoms in total. The van der Waals surface area contributed by atoms with Crippen LogP contribution in [0.5, 0.6) is 0 Å². The van der Waals surface area contributed by atoms with Crippen LogP contribution in [0.15, 0.2) is 90.3 Å². The SMILES string of the molecule is CC(C)(C[C@]1(c2ccc(-c3cnn(C4CC4)n3)cc2)N=C(NC(=O)OCc2ccccc2)N([C@H](COC(=O)Cl)c2ccc(Cl)c(-c3ncnn3C(F)F)c2)C1=O)C(F)(F)F. The highest BCUT2D eigenvalue weighted by Gasteiger charge is 2.60. The molecule has 3 aromatic carbocycles. The summed E-state index contributed by atoms with van der Waals surface area (Å²) in [5, 5.41) is 14.7. The van der Waals surface area contributed by atoms with E-state index in [1.807, 2.05) is 0 Å². The fourth-order valence-corrected chi connectivity index (χ4v) is 6.99. The zero-order chi connectivity index (χ0) is 43.0. The minimum Gasteiger partial charge on any atom is -0.451 e. The molecule has 0 spiro atoms. The predicted molar refractivity (Wildman–Crippen MR) is 206 cm³/mol. The number of guanidine groups is 1. The molecule has 0 radical (unpaired) electrons. The van der Waals surface area contributed by atoms with Crippen LogP contribution in [0.4, 0.5) is 31.5 Å². The van der Waals surface area contributed by atoms with E-state index in [1.165, 1.54) is 30.3 Å². The fraction of sp³-hybridized carbons (Fsp3) is 0.333. The molecule has 0 saturated heterocycles. The molecule has 314 valence electrons. The van der Waals surface area contributed by atoms with E-state index in [-0.39, 0.29) is 44.9 Å². The van der Waals surface area contributed by atoms with Gasteiger partial charge in [-0.1, -0.05) is 86.1 Å². The van der Waals surface area contributed by atoms with Gasteiger partial charge in [-0.3, -0.25) is 15.0 Å². The van der Waals surface area contributed by atoms with Crippen molar-refractivity contribution in [2.24, 2.45) is 10.4 Å². The summed E-state index contributed by atoms with van der Waals surface area (Å²) in [6.07, 6.45) is -2.72. The van der Waals surface area contributed by atoms with Gasteiger partial charge in [-0.15, -0.1) is 0 Å². The molecule has 1 saturated carbocycles. The second-order valence-corrected chi connectivity index (χ2v) is 15.4. The summed E-state index contributed by atoms with van der Waals surface area (Å²) in [6.45, 7) is -2.35. The number of aromatic nitrogens is 6. The van der Waals surface area contributed by atoms with E-state index in [0.29, 0.717) is 16.8 Å². The first-order valence-electron chi connectivity index (χ1n) is 18.3. The maximum atomic E-state index is 15.3. The largest absolute Gasteiger partial charge is 0.451 e. The Labute approximate surface area is 348 Å². The van der Waals surface area contributed by atoms with Crippen LogP contribution in [-0.4, -0.2) is 70.8 Å². The summed E-state index contributed by atoms with van der Waals surface area (Å²) in [6, 6.07) is 17.0. The van der Waals surface area contributed by atoms with Gasteiger partial charge in [-0.2, -0.15) is 46.7 Å². The molecule has 5 aromatic rings. The summed E-state index contributed by atoms with van der Waals surface area (Å²) in [7, 11) is 0. The van der Waals surface area contributed by atoms with Crippen molar-refractivity contribution in [1.82, 2.24) is 40.0 Å². The molecule has 0 unspecified atom stereocenters. The Bertz CT molecular complexity index is 2420. The van der Waals surface area contributed by atoms with E-state index in [9.17, 15) is 31.5 Å². The highest BCUT2D eigenvalue weighted by Crippen LogP contribution is 2.51. The number of ether oxygens (including phenoxy) is 2. The first-order valence-corrected chi connectivity index (χ1v) is 19.0. The Kier molecular flexibility index (Phi) is 11.7. The average molecular weight is 875 g/mol. The van der Waals surface area contributed by atoms with E-state index < -0.39 is 66.1 Å². The van der Waals surface area contributed by atoms with Crippen LogP contribution < -0.4 is 5.32 Å². The summed E-state index contributed by atoms with van der Waals surface area (Å²) in [5.41, 5.74) is -4.79. The van der Waals surface area contributed by atoms with Crippen LogP contribution in [0.25, 0.3) is 22.6 Å². The first kappa shape index (κ1) is 42.2. The van der Waals surface area contributed by atoms with Gasteiger partial charge in [0, 0.05) is 22.7 Å². The minimum absolute atomic E-state index is 0.00229. The molecule has 60 heavy (non-hydrogen) atoms. The van der Waals surface area contributed by atoms with Gasteiger partial charge in [0.25, 0.3) is 5.91 Å². The van der Waals surface area contributed by atoms with Gasteiger partial charge in [0.15, 0.2) is 11.4 Å². The van der Waals surface area contributed by atoms with Gasteiger partial charge >= 0.3 is 24.2 Å². The molecule has 2 amide bonds. The molecule has 2 aromatic heterocycles. The lowest BCUT2D eigenvalue weighted by Gasteiger charge is -2.37. The monoisotopic (exact) mass is 873 g/mol. The lowest BCUT2D eigenvalue weighted by Crippen LogP contribution is -2.50. The second-order valence-electron chi connectivity index (χ2n) is 14.7. The van der Waals surface area contributed by atoms with Crippen molar-refractivity contribution in [2.45, 2.75) is 70.1 Å². The maximum Gasteiger partial charge on any atom is 0.414 e. The van der Waals surface area contributed by atoms with E-state index in [4.69, 9.17) is 32.7 Å². The number of alkyl carbamates (subject to hydrolysis) is 1. The zero-order valence-corrected chi connectivity index (χ0v) is 33.1. The highest BCUT2D eigenvalue weighted by molar-refractivity contribution is 6.61. The molecule has 7 rings (SSSR count). The third-order valence-electron chi connectivity index (χ3n) is 10.1. The van der Waals surface area contributed by atoms with Crippen molar-refractivity contribution >= 4 is 46.6 Å². The van der Waals surface area contributed by atoms with Crippen LogP contribution in [0.3, 0.4) is 0 Å². The van der Waals surface area contributed by atoms with Gasteiger partial charge in [-0.05, 0) is 48.1 Å².